The molecule has 0 radical (unpaired) electrons. The van der Waals surface area contributed by atoms with Gasteiger partial charge in [-0.1, -0.05) is 48.9 Å². The van der Waals surface area contributed by atoms with Crippen LogP contribution in [0.25, 0.3) is 22.5 Å². The third kappa shape index (κ3) is 5.02. The molecule has 8 nitrogen and oxygen atoms in total. The van der Waals surface area contributed by atoms with Gasteiger partial charge < -0.3 is 16.9 Å². The van der Waals surface area contributed by atoms with Crippen molar-refractivity contribution in [3.8, 4) is 5.69 Å². The van der Waals surface area contributed by atoms with Crippen molar-refractivity contribution in [2.75, 3.05) is 5.73 Å². The summed E-state index contributed by atoms with van der Waals surface area (Å²) in [7, 11) is 0. The van der Waals surface area contributed by atoms with Crippen LogP contribution < -0.4 is 17.0 Å². The normalized spacial score (nSPS) is 10.7. The van der Waals surface area contributed by atoms with E-state index in [9.17, 15) is 9.59 Å². The Labute approximate surface area is 195 Å². The van der Waals surface area contributed by atoms with E-state index in [0.717, 1.165) is 29.4 Å². The van der Waals surface area contributed by atoms with Gasteiger partial charge in [0.25, 0.3) is 11.5 Å². The van der Waals surface area contributed by atoms with E-state index in [4.69, 9.17) is 28.5 Å². The molecule has 6 N–H and O–H groups in total. The summed E-state index contributed by atoms with van der Waals surface area (Å²) in [5.74, 6) is -0.576. The Bertz CT molecular complexity index is 1390. The van der Waals surface area contributed by atoms with Crippen molar-refractivity contribution < 1.29 is 4.79 Å². The minimum atomic E-state index is -0.643. The van der Waals surface area contributed by atoms with Gasteiger partial charge in [-0.05, 0) is 48.2 Å². The number of anilines is 1. The fourth-order valence-electron chi connectivity index (χ4n) is 3.39. The van der Waals surface area contributed by atoms with Crippen molar-refractivity contribution in [2.24, 2.45) is 5.73 Å². The minimum Gasteiger partial charge on any atom is -0.382 e. The van der Waals surface area contributed by atoms with Crippen LogP contribution in [-0.4, -0.2) is 26.9 Å². The molecule has 4 aromatic rings. The number of nitrogens with zero attached hydrogens (tertiary/aromatic N) is 2. The van der Waals surface area contributed by atoms with Gasteiger partial charge in [-0.15, -0.1) is 0 Å². The van der Waals surface area contributed by atoms with Gasteiger partial charge in [0.2, 0.25) is 0 Å². The van der Waals surface area contributed by atoms with Gasteiger partial charge in [-0.2, -0.15) is 5.10 Å². The molecule has 2 heterocycles. The molecule has 33 heavy (non-hydrogen) atoms. The molecule has 0 saturated carbocycles. The maximum Gasteiger partial charge on any atom is 0.264 e. The molecule has 9 heteroatoms. The smallest absolute Gasteiger partial charge is 0.264 e. The Morgan fingerprint density at radius 2 is 1.94 bits per heavy atom. The predicted molar refractivity (Wildman–Crippen MR) is 133 cm³/mol. The average molecular weight is 463 g/mol. The molecule has 0 atom stereocenters. The Kier molecular flexibility index (Phi) is 7.42. The monoisotopic (exact) mass is 462 g/mol. The molecule has 0 spiro atoms. The van der Waals surface area contributed by atoms with Crippen LogP contribution >= 0.6 is 11.6 Å². The molecule has 2 aromatic heterocycles. The summed E-state index contributed by atoms with van der Waals surface area (Å²) in [6.45, 7) is 2.05. The van der Waals surface area contributed by atoms with E-state index in [0.29, 0.717) is 16.1 Å². The molecule has 1 amide bonds. The van der Waals surface area contributed by atoms with Gasteiger partial charge in [-0.25, -0.2) is 0 Å². The highest BCUT2D eigenvalue weighted by atomic mass is 35.5. The average Bonchev–Trinajstić information content (AvgIpc) is 3.18. The Morgan fingerprint density at radius 3 is 2.58 bits per heavy atom. The molecule has 0 aliphatic heterocycles. The van der Waals surface area contributed by atoms with Crippen LogP contribution in [0.2, 0.25) is 5.02 Å². The number of pyridine rings is 1. The van der Waals surface area contributed by atoms with E-state index in [-0.39, 0.29) is 16.9 Å². The zero-order valence-corrected chi connectivity index (χ0v) is 18.6. The van der Waals surface area contributed by atoms with Crippen molar-refractivity contribution in [1.82, 2.24) is 14.8 Å². The van der Waals surface area contributed by atoms with Gasteiger partial charge in [0.1, 0.15) is 5.56 Å². The van der Waals surface area contributed by atoms with Crippen molar-refractivity contribution in [3.05, 3.63) is 93.0 Å². The number of aromatic nitrogens is 3. The number of hydrogen-bond donors (Lipinski definition) is 4. The summed E-state index contributed by atoms with van der Waals surface area (Å²) in [6.07, 6.45) is 4.78. The van der Waals surface area contributed by atoms with Gasteiger partial charge in [-0.3, -0.25) is 19.3 Å². The highest BCUT2D eigenvalue weighted by Crippen LogP contribution is 2.22. The molecule has 4 rings (SSSR count). The summed E-state index contributed by atoms with van der Waals surface area (Å²) in [4.78, 5) is 23.7. The number of para-hydroxylation sites is 1. The van der Waals surface area contributed by atoms with Crippen LogP contribution in [0, 0.1) is 5.41 Å². The van der Waals surface area contributed by atoms with Crippen molar-refractivity contribution >= 4 is 46.4 Å². The first-order valence-electron chi connectivity index (χ1n) is 10.1. The predicted octanol–water partition coefficient (Wildman–Crippen LogP) is 3.96. The van der Waals surface area contributed by atoms with Crippen LogP contribution in [0.4, 0.5) is 5.82 Å². The number of rotatable bonds is 5. The lowest BCUT2D eigenvalue weighted by Crippen LogP contribution is -2.22. The molecule has 168 valence electrons. The van der Waals surface area contributed by atoms with Gasteiger partial charge in [0, 0.05) is 17.6 Å². The molecule has 0 bridgehead atoms. The largest absolute Gasteiger partial charge is 0.382 e. The number of carbonyl (C=O) groups excluding carboxylic acids is 1. The number of allylic oxidation sites excluding steroid dienone is 1. The highest BCUT2D eigenvalue weighted by Gasteiger charge is 2.13. The maximum absolute atomic E-state index is 12.8. The molecule has 0 unspecified atom stereocenters. The standard InChI is InChI=1S/C17H14ClNO.C7H9N5O/c1-2-13-11-12-7-6-10-15(18)16(12)17(20)19(13)14-8-4-3-5-9-14;8-3-1-2-4-5(7(10)13)6(9)12-11-4/h3-11H,2H2,1H3;1-3,8H,(H2,10,13)(H3,9,11,12)/b;2-1-,8-3?. The number of nitrogens with one attached hydrogen (secondary N) is 2. The maximum atomic E-state index is 12.8. The fourth-order valence-corrected chi connectivity index (χ4v) is 3.65. The van der Waals surface area contributed by atoms with E-state index in [1.807, 2.05) is 55.5 Å². The highest BCUT2D eigenvalue weighted by molar-refractivity contribution is 6.35. The Morgan fingerprint density at radius 1 is 1.21 bits per heavy atom. The molecule has 0 aliphatic rings. The lowest BCUT2D eigenvalue weighted by Gasteiger charge is -2.14. The summed E-state index contributed by atoms with van der Waals surface area (Å²) < 4.78 is 1.74. The second kappa shape index (κ2) is 10.4. The SMILES string of the molecule is CCc1cc2cccc(Cl)c2c(=O)n1-c1ccccc1.N=C/C=C\c1[nH]nc(N)c1C(N)=O. The number of carbonyl (C=O) groups is 1. The zero-order chi connectivity index (χ0) is 24.0. The Balaban J connectivity index is 0.000000205. The van der Waals surface area contributed by atoms with Gasteiger partial charge in [0.15, 0.2) is 5.82 Å². The van der Waals surface area contributed by atoms with Gasteiger partial charge >= 0.3 is 0 Å². The second-order valence-corrected chi connectivity index (χ2v) is 7.36. The number of aromatic amines is 1. The Hall–Kier alpha value is -4.17. The number of benzene rings is 2. The zero-order valence-electron chi connectivity index (χ0n) is 17.9. The van der Waals surface area contributed by atoms with Crippen LogP contribution in [0.3, 0.4) is 0 Å². The van der Waals surface area contributed by atoms with Crippen LogP contribution in [0.5, 0.6) is 0 Å². The number of halogens is 1. The van der Waals surface area contributed by atoms with E-state index in [1.165, 1.54) is 12.2 Å². The first-order chi connectivity index (χ1) is 15.9. The quantitative estimate of drug-likeness (QED) is 0.332. The molecular weight excluding hydrogens is 440 g/mol. The van der Waals surface area contributed by atoms with Crippen molar-refractivity contribution in [3.63, 3.8) is 0 Å². The lowest BCUT2D eigenvalue weighted by atomic mass is 10.1. The number of amides is 1. The molecule has 0 saturated heterocycles. The third-order valence-electron chi connectivity index (χ3n) is 4.88. The molecule has 0 fully saturated rings. The number of aryl methyl sites for hydroxylation is 1. The number of H-pyrrole nitrogens is 1. The minimum absolute atomic E-state index is 0.0591. The molecule has 2 aromatic carbocycles. The number of primary amides is 1. The van der Waals surface area contributed by atoms with E-state index in [2.05, 4.69) is 10.2 Å². The second-order valence-electron chi connectivity index (χ2n) is 6.96. The summed E-state index contributed by atoms with van der Waals surface area (Å²) in [5.41, 5.74) is 12.8. The molecular formula is C24H23ClN6O2. The number of fused-ring (bicyclic) bond motifs is 1. The summed E-state index contributed by atoms with van der Waals surface area (Å²) >= 11 is 6.20. The van der Waals surface area contributed by atoms with E-state index < -0.39 is 5.91 Å². The van der Waals surface area contributed by atoms with Gasteiger partial charge in [0.05, 0.1) is 16.1 Å². The fraction of sp³-hybridized carbons (Fsp3) is 0.0833. The number of nitrogens with two attached hydrogens (primary N) is 2. The lowest BCUT2D eigenvalue weighted by molar-refractivity contribution is 0.100. The van der Waals surface area contributed by atoms with Crippen LogP contribution in [0.15, 0.2) is 65.5 Å². The van der Waals surface area contributed by atoms with E-state index >= 15 is 0 Å². The van der Waals surface area contributed by atoms with Crippen LogP contribution in [-0.2, 0) is 6.42 Å². The van der Waals surface area contributed by atoms with E-state index in [1.54, 1.807) is 10.6 Å². The first kappa shape index (κ1) is 23.5. The van der Waals surface area contributed by atoms with Crippen molar-refractivity contribution in [2.45, 2.75) is 13.3 Å². The number of hydrogen-bond acceptors (Lipinski definition) is 5. The summed E-state index contributed by atoms with van der Waals surface area (Å²) in [6, 6.07) is 17.3. The third-order valence-corrected chi connectivity index (χ3v) is 5.19. The summed E-state index contributed by atoms with van der Waals surface area (Å²) in [5, 5.41) is 14.9. The first-order valence-corrected chi connectivity index (χ1v) is 10.5. The number of nitrogen functional groups attached to an aromatic ring is 1. The van der Waals surface area contributed by atoms with Crippen molar-refractivity contribution in [1.29, 1.82) is 5.41 Å². The topological polar surface area (TPSA) is 144 Å². The molecule has 0 aliphatic carbocycles. The van der Waals surface area contributed by atoms with Crippen LogP contribution in [0.1, 0.15) is 28.7 Å².